The normalized spacial score (nSPS) is 13.7. The van der Waals surface area contributed by atoms with Crippen molar-refractivity contribution in [2.45, 2.75) is 5.37 Å². The number of carboxylic acids is 1. The van der Waals surface area contributed by atoms with E-state index < -0.39 is 21.4 Å². The number of fused-ring (bicyclic) bond motifs is 1. The number of nitrogens with two attached hydrogens (primary N) is 1. The molecule has 8 heteroatoms. The fourth-order valence-corrected chi connectivity index (χ4v) is 2.35. The Morgan fingerprint density at radius 2 is 2.06 bits per heavy atom. The Balaban J connectivity index is 2.70. The number of nitrogens with zero attached hydrogens (tertiary/aromatic N) is 2. The lowest BCUT2D eigenvalue weighted by Crippen LogP contribution is -2.32. The van der Waals surface area contributed by atoms with E-state index in [0.29, 0.717) is 11.0 Å². The van der Waals surface area contributed by atoms with Gasteiger partial charge in [-0.15, -0.1) is 0 Å². The van der Waals surface area contributed by atoms with Gasteiger partial charge in [-0.25, -0.2) is 23.3 Å². The van der Waals surface area contributed by atoms with Gasteiger partial charge in [0.25, 0.3) is 0 Å². The molecular formula is C9H9N3O4S. The summed E-state index contributed by atoms with van der Waals surface area (Å²) in [5.74, 6) is -1.55. The number of imidazole rings is 1. The minimum atomic E-state index is -4.26. The zero-order valence-electron chi connectivity index (χ0n) is 8.52. The van der Waals surface area contributed by atoms with Crippen molar-refractivity contribution < 1.29 is 18.3 Å². The molecule has 90 valence electrons. The first-order valence-corrected chi connectivity index (χ1v) is 6.18. The van der Waals surface area contributed by atoms with Crippen LogP contribution in [-0.4, -0.2) is 29.0 Å². The van der Waals surface area contributed by atoms with Crippen molar-refractivity contribution in [3.63, 3.8) is 0 Å². The SMILES string of the molecule is NS(=O)(=O)C(C(=O)O)n1cnc2ccccc21. The average Bonchev–Trinajstić information content (AvgIpc) is 2.60. The lowest BCUT2D eigenvalue weighted by atomic mass is 10.3. The molecular weight excluding hydrogens is 246 g/mol. The van der Waals surface area contributed by atoms with Gasteiger partial charge in [-0.2, -0.15) is 0 Å². The molecule has 3 N–H and O–H groups in total. The van der Waals surface area contributed by atoms with Crippen LogP contribution in [0.15, 0.2) is 30.6 Å². The number of para-hydroxylation sites is 2. The van der Waals surface area contributed by atoms with Crippen LogP contribution in [0.1, 0.15) is 5.37 Å². The summed E-state index contributed by atoms with van der Waals surface area (Å²) in [6.45, 7) is 0. The lowest BCUT2D eigenvalue weighted by molar-refractivity contribution is -0.138. The Bertz CT molecular complexity index is 676. The van der Waals surface area contributed by atoms with E-state index in [1.54, 1.807) is 24.3 Å². The number of sulfonamides is 1. The Kier molecular flexibility index (Phi) is 2.60. The highest BCUT2D eigenvalue weighted by Gasteiger charge is 2.32. The lowest BCUT2D eigenvalue weighted by Gasteiger charge is -2.12. The third kappa shape index (κ3) is 1.99. The summed E-state index contributed by atoms with van der Waals surface area (Å²) in [5.41, 5.74) is 0.899. The predicted molar refractivity (Wildman–Crippen MR) is 59.5 cm³/mol. The average molecular weight is 255 g/mol. The molecule has 2 rings (SSSR count). The molecule has 0 aliphatic heterocycles. The van der Waals surface area contributed by atoms with E-state index in [1.165, 1.54) is 0 Å². The molecule has 2 aromatic rings. The topological polar surface area (TPSA) is 115 Å². The van der Waals surface area contributed by atoms with Crippen LogP contribution >= 0.6 is 0 Å². The highest BCUT2D eigenvalue weighted by Crippen LogP contribution is 2.20. The molecule has 1 aromatic heterocycles. The van der Waals surface area contributed by atoms with E-state index in [9.17, 15) is 13.2 Å². The summed E-state index contributed by atoms with van der Waals surface area (Å²) in [4.78, 5) is 14.9. The van der Waals surface area contributed by atoms with Gasteiger partial charge < -0.3 is 9.67 Å². The van der Waals surface area contributed by atoms with Crippen molar-refractivity contribution in [1.82, 2.24) is 9.55 Å². The molecule has 0 saturated carbocycles. The van der Waals surface area contributed by atoms with Crippen LogP contribution in [0, 0.1) is 0 Å². The first-order valence-electron chi connectivity index (χ1n) is 4.57. The number of aromatic nitrogens is 2. The van der Waals surface area contributed by atoms with Crippen molar-refractivity contribution in [2.24, 2.45) is 5.14 Å². The van der Waals surface area contributed by atoms with Crippen molar-refractivity contribution in [3.8, 4) is 0 Å². The zero-order chi connectivity index (χ0) is 12.6. The molecule has 1 aromatic carbocycles. The van der Waals surface area contributed by atoms with Gasteiger partial charge in [0.05, 0.1) is 17.4 Å². The van der Waals surface area contributed by atoms with Crippen molar-refractivity contribution in [1.29, 1.82) is 0 Å². The maximum atomic E-state index is 11.3. The number of rotatable bonds is 3. The first kappa shape index (κ1) is 11.6. The van der Waals surface area contributed by atoms with Gasteiger partial charge in [-0.05, 0) is 12.1 Å². The fraction of sp³-hybridized carbons (Fsp3) is 0.111. The molecule has 7 nitrogen and oxygen atoms in total. The summed E-state index contributed by atoms with van der Waals surface area (Å²) in [6, 6.07) is 6.59. The van der Waals surface area contributed by atoms with Crippen molar-refractivity contribution >= 4 is 27.0 Å². The summed E-state index contributed by atoms with van der Waals surface area (Å²) >= 11 is 0. The summed E-state index contributed by atoms with van der Waals surface area (Å²) in [7, 11) is -4.26. The van der Waals surface area contributed by atoms with Crippen LogP contribution in [-0.2, 0) is 14.8 Å². The number of hydrogen-bond acceptors (Lipinski definition) is 4. The van der Waals surface area contributed by atoms with Crippen LogP contribution in [0.3, 0.4) is 0 Å². The molecule has 17 heavy (non-hydrogen) atoms. The van der Waals surface area contributed by atoms with E-state index >= 15 is 0 Å². The summed E-state index contributed by atoms with van der Waals surface area (Å²) in [5, 5.41) is 12.0. The van der Waals surface area contributed by atoms with Crippen LogP contribution in [0.25, 0.3) is 11.0 Å². The van der Waals surface area contributed by atoms with Gasteiger partial charge in [0.2, 0.25) is 15.4 Å². The summed E-state index contributed by atoms with van der Waals surface area (Å²) in [6.07, 6.45) is 1.15. The number of hydrogen-bond donors (Lipinski definition) is 2. The van der Waals surface area contributed by atoms with E-state index in [2.05, 4.69) is 4.98 Å². The molecule has 0 bridgehead atoms. The third-order valence-corrected chi connectivity index (χ3v) is 3.31. The number of carbonyl (C=O) groups is 1. The van der Waals surface area contributed by atoms with Gasteiger partial charge in [-0.3, -0.25) is 0 Å². The number of benzene rings is 1. The second-order valence-corrected chi connectivity index (χ2v) is 5.04. The molecule has 0 fully saturated rings. The molecule has 0 aliphatic carbocycles. The monoisotopic (exact) mass is 255 g/mol. The molecule has 0 aliphatic rings. The minimum Gasteiger partial charge on any atom is -0.479 e. The Morgan fingerprint density at radius 1 is 1.41 bits per heavy atom. The van der Waals surface area contributed by atoms with Crippen LogP contribution in [0.4, 0.5) is 0 Å². The summed E-state index contributed by atoms with van der Waals surface area (Å²) < 4.78 is 23.5. The maximum absolute atomic E-state index is 11.3. The Morgan fingerprint density at radius 3 is 2.65 bits per heavy atom. The smallest absolute Gasteiger partial charge is 0.344 e. The highest BCUT2D eigenvalue weighted by atomic mass is 32.2. The third-order valence-electron chi connectivity index (χ3n) is 2.26. The zero-order valence-corrected chi connectivity index (χ0v) is 9.33. The van der Waals surface area contributed by atoms with Crippen LogP contribution in [0.5, 0.6) is 0 Å². The number of primary sulfonamides is 1. The molecule has 1 heterocycles. The van der Waals surface area contributed by atoms with Gasteiger partial charge in [0, 0.05) is 0 Å². The standard InChI is InChI=1S/C9H9N3O4S/c10-17(15,16)8(9(13)14)12-5-11-6-3-1-2-4-7(6)12/h1-5,8H,(H,13,14)(H2,10,15,16). The maximum Gasteiger partial charge on any atom is 0.344 e. The molecule has 1 unspecified atom stereocenters. The van der Waals surface area contributed by atoms with Gasteiger partial charge in [-0.1, -0.05) is 12.1 Å². The Hall–Kier alpha value is -1.93. The number of carboxylic acid groups (broad SMARTS) is 1. The quantitative estimate of drug-likeness (QED) is 0.795. The van der Waals surface area contributed by atoms with Crippen molar-refractivity contribution in [3.05, 3.63) is 30.6 Å². The first-order chi connectivity index (χ1) is 7.91. The minimum absolute atomic E-state index is 0.397. The Labute approximate surface area is 96.5 Å². The van der Waals surface area contributed by atoms with Crippen molar-refractivity contribution in [2.75, 3.05) is 0 Å². The molecule has 0 amide bonds. The van der Waals surface area contributed by atoms with Crippen LogP contribution in [0.2, 0.25) is 0 Å². The second-order valence-electron chi connectivity index (χ2n) is 3.42. The van der Waals surface area contributed by atoms with E-state index in [-0.39, 0.29) is 0 Å². The fourth-order valence-electron chi connectivity index (χ4n) is 1.58. The number of aliphatic carboxylic acids is 1. The van der Waals surface area contributed by atoms with E-state index in [4.69, 9.17) is 10.2 Å². The van der Waals surface area contributed by atoms with Gasteiger partial charge in [0.15, 0.2) is 0 Å². The van der Waals surface area contributed by atoms with Gasteiger partial charge >= 0.3 is 5.97 Å². The van der Waals surface area contributed by atoms with E-state index in [0.717, 1.165) is 10.9 Å². The molecule has 1 atom stereocenters. The van der Waals surface area contributed by atoms with E-state index in [1.807, 2.05) is 0 Å². The largest absolute Gasteiger partial charge is 0.479 e. The second kappa shape index (κ2) is 3.82. The molecule has 0 spiro atoms. The molecule has 0 radical (unpaired) electrons. The molecule has 0 saturated heterocycles. The van der Waals surface area contributed by atoms with Gasteiger partial charge in [0.1, 0.15) is 0 Å². The predicted octanol–water partition coefficient (Wildman–Crippen LogP) is -0.0920. The van der Waals surface area contributed by atoms with Crippen LogP contribution < -0.4 is 5.14 Å². The highest BCUT2D eigenvalue weighted by molar-refractivity contribution is 7.89.